The predicted octanol–water partition coefficient (Wildman–Crippen LogP) is 2.20. The molecule has 0 aliphatic carbocycles. The number of fused-ring (bicyclic) bond motifs is 1. The Bertz CT molecular complexity index is 983. The minimum atomic E-state index is -0.155. The number of rotatable bonds is 2. The Balaban J connectivity index is 1.54. The van der Waals surface area contributed by atoms with Crippen LogP contribution in [0.5, 0.6) is 0 Å². The van der Waals surface area contributed by atoms with E-state index in [2.05, 4.69) is 39.3 Å². The van der Waals surface area contributed by atoms with Crippen LogP contribution in [0.15, 0.2) is 36.8 Å². The number of urea groups is 1. The van der Waals surface area contributed by atoms with Crippen molar-refractivity contribution < 1.29 is 4.79 Å². The molecule has 0 saturated carbocycles. The van der Waals surface area contributed by atoms with Crippen LogP contribution in [0.4, 0.5) is 10.7 Å². The van der Waals surface area contributed by atoms with Crippen LogP contribution in [0.25, 0.3) is 22.0 Å². The van der Waals surface area contributed by atoms with Crippen LogP contribution in [0, 0.1) is 0 Å². The number of anilines is 1. The third-order valence-corrected chi connectivity index (χ3v) is 5.09. The van der Waals surface area contributed by atoms with Crippen LogP contribution in [0.1, 0.15) is 6.92 Å². The summed E-state index contributed by atoms with van der Waals surface area (Å²) in [6.45, 7) is 4.38. The van der Waals surface area contributed by atoms with Crippen molar-refractivity contribution >= 4 is 22.9 Å². The van der Waals surface area contributed by atoms with E-state index in [1.807, 2.05) is 42.5 Å². The van der Waals surface area contributed by atoms with Gasteiger partial charge in [-0.15, -0.1) is 0 Å². The zero-order valence-electron chi connectivity index (χ0n) is 15.8. The Morgan fingerprint density at radius 2 is 2.04 bits per heavy atom. The van der Waals surface area contributed by atoms with Crippen molar-refractivity contribution in [3.05, 3.63) is 36.8 Å². The number of hydrogen-bond donors (Lipinski definition) is 1. The van der Waals surface area contributed by atoms with Crippen LogP contribution >= 0.6 is 0 Å². The average Bonchev–Trinajstić information content (AvgIpc) is 3.09. The van der Waals surface area contributed by atoms with E-state index in [1.54, 1.807) is 10.9 Å². The monoisotopic (exact) mass is 365 g/mol. The van der Waals surface area contributed by atoms with Gasteiger partial charge in [0.1, 0.15) is 0 Å². The topological polar surface area (TPSA) is 79.2 Å². The van der Waals surface area contributed by atoms with Crippen LogP contribution in [-0.4, -0.2) is 68.3 Å². The SMILES string of the molecule is C[C@@H]1CN(C(=O)Nc2ncc3ccc(-c4cnn(C)c4)cc3n2)CCN1C. The molecule has 2 amide bonds. The van der Waals surface area contributed by atoms with Gasteiger partial charge in [0, 0.05) is 56.1 Å². The van der Waals surface area contributed by atoms with Gasteiger partial charge in [-0.05, 0) is 25.6 Å². The second kappa shape index (κ2) is 6.96. The molecule has 3 aromatic rings. The van der Waals surface area contributed by atoms with Gasteiger partial charge in [0.05, 0.1) is 11.7 Å². The maximum absolute atomic E-state index is 12.6. The molecular formula is C19H23N7O. The van der Waals surface area contributed by atoms with Crippen molar-refractivity contribution in [3.63, 3.8) is 0 Å². The minimum absolute atomic E-state index is 0.155. The second-order valence-corrected chi connectivity index (χ2v) is 7.08. The lowest BCUT2D eigenvalue weighted by Crippen LogP contribution is -2.53. The number of carbonyl (C=O) groups excluding carboxylic acids is 1. The molecule has 27 heavy (non-hydrogen) atoms. The Hall–Kier alpha value is -3.00. The van der Waals surface area contributed by atoms with Gasteiger partial charge in [-0.2, -0.15) is 5.10 Å². The number of piperazine rings is 1. The van der Waals surface area contributed by atoms with E-state index >= 15 is 0 Å². The molecule has 4 rings (SSSR count). The molecule has 3 heterocycles. The summed E-state index contributed by atoms with van der Waals surface area (Å²) >= 11 is 0. The molecule has 1 aliphatic rings. The summed E-state index contributed by atoms with van der Waals surface area (Å²) in [4.78, 5) is 25.4. The number of nitrogens with zero attached hydrogens (tertiary/aromatic N) is 6. The first-order chi connectivity index (χ1) is 13.0. The largest absolute Gasteiger partial charge is 0.324 e. The van der Waals surface area contributed by atoms with E-state index in [4.69, 9.17) is 0 Å². The molecule has 140 valence electrons. The number of benzene rings is 1. The van der Waals surface area contributed by atoms with Gasteiger partial charge < -0.3 is 9.80 Å². The Labute approximate surface area is 157 Å². The van der Waals surface area contributed by atoms with Gasteiger partial charge >= 0.3 is 6.03 Å². The van der Waals surface area contributed by atoms with Gasteiger partial charge in [0.25, 0.3) is 0 Å². The Kier molecular flexibility index (Phi) is 4.49. The lowest BCUT2D eigenvalue weighted by molar-refractivity contribution is 0.125. The molecule has 1 aliphatic heterocycles. The van der Waals surface area contributed by atoms with Gasteiger partial charge in [-0.3, -0.25) is 10.00 Å². The minimum Gasteiger partial charge on any atom is -0.322 e. The molecular weight excluding hydrogens is 342 g/mol. The first kappa shape index (κ1) is 17.4. The van der Waals surface area contributed by atoms with Crippen LogP contribution in [0.3, 0.4) is 0 Å². The highest BCUT2D eigenvalue weighted by Gasteiger charge is 2.24. The zero-order chi connectivity index (χ0) is 19.0. The van der Waals surface area contributed by atoms with E-state index in [1.165, 1.54) is 0 Å². The lowest BCUT2D eigenvalue weighted by atomic mass is 10.1. The fourth-order valence-electron chi connectivity index (χ4n) is 3.24. The highest BCUT2D eigenvalue weighted by Crippen LogP contribution is 2.23. The summed E-state index contributed by atoms with van der Waals surface area (Å²) < 4.78 is 1.77. The third-order valence-electron chi connectivity index (χ3n) is 5.09. The summed E-state index contributed by atoms with van der Waals surface area (Å²) in [5, 5.41) is 7.97. The number of aromatic nitrogens is 4. The maximum atomic E-state index is 12.6. The van der Waals surface area contributed by atoms with Gasteiger partial charge in [-0.1, -0.05) is 12.1 Å². The highest BCUT2D eigenvalue weighted by atomic mass is 16.2. The van der Waals surface area contributed by atoms with E-state index < -0.39 is 0 Å². The standard InChI is InChI=1S/C19H23N7O/c1-13-11-26(7-6-24(13)2)19(27)23-18-20-9-15-5-4-14(8-17(15)22-18)16-10-21-25(3)12-16/h4-5,8-10,12-13H,6-7,11H2,1-3H3,(H,20,22,23,27)/t13-/m1/s1. The van der Waals surface area contributed by atoms with Gasteiger partial charge in [-0.25, -0.2) is 14.8 Å². The summed E-state index contributed by atoms with van der Waals surface area (Å²) in [5.74, 6) is 0.322. The smallest absolute Gasteiger partial charge is 0.322 e. The van der Waals surface area contributed by atoms with Crippen molar-refractivity contribution in [2.75, 3.05) is 32.0 Å². The molecule has 8 heteroatoms. The molecule has 8 nitrogen and oxygen atoms in total. The summed E-state index contributed by atoms with van der Waals surface area (Å²) in [7, 11) is 3.96. The van der Waals surface area contributed by atoms with Crippen molar-refractivity contribution in [2.45, 2.75) is 13.0 Å². The van der Waals surface area contributed by atoms with Crippen LogP contribution in [-0.2, 0) is 7.05 Å². The molecule has 2 aromatic heterocycles. The number of hydrogen-bond acceptors (Lipinski definition) is 5. The molecule has 0 spiro atoms. The molecule has 0 bridgehead atoms. The summed E-state index contributed by atoms with van der Waals surface area (Å²) in [6.07, 6.45) is 5.51. The molecule has 1 saturated heterocycles. The first-order valence-electron chi connectivity index (χ1n) is 9.01. The second-order valence-electron chi connectivity index (χ2n) is 7.08. The van der Waals surface area contributed by atoms with E-state index in [9.17, 15) is 4.79 Å². The van der Waals surface area contributed by atoms with E-state index in [0.717, 1.165) is 28.6 Å². The lowest BCUT2D eigenvalue weighted by Gasteiger charge is -2.37. The van der Waals surface area contributed by atoms with E-state index in [0.29, 0.717) is 25.1 Å². The molecule has 1 fully saturated rings. The highest BCUT2D eigenvalue weighted by molar-refractivity contribution is 5.90. The molecule has 1 atom stereocenters. The first-order valence-corrected chi connectivity index (χ1v) is 9.01. The van der Waals surface area contributed by atoms with E-state index in [-0.39, 0.29) is 6.03 Å². The summed E-state index contributed by atoms with van der Waals surface area (Å²) in [5.41, 5.74) is 2.84. The molecule has 0 unspecified atom stereocenters. The fourth-order valence-corrected chi connectivity index (χ4v) is 3.24. The van der Waals surface area contributed by atoms with Crippen molar-refractivity contribution in [1.82, 2.24) is 29.5 Å². The number of nitrogens with one attached hydrogen (secondary N) is 1. The third kappa shape index (κ3) is 3.61. The predicted molar refractivity (Wildman–Crippen MR) is 104 cm³/mol. The van der Waals surface area contributed by atoms with Crippen LogP contribution in [0.2, 0.25) is 0 Å². The number of aryl methyl sites for hydroxylation is 1. The van der Waals surface area contributed by atoms with Gasteiger partial charge in [0.15, 0.2) is 0 Å². The fraction of sp³-hybridized carbons (Fsp3) is 0.368. The molecule has 1 N–H and O–H groups in total. The normalized spacial score (nSPS) is 18.0. The molecule has 1 aromatic carbocycles. The van der Waals surface area contributed by atoms with Crippen molar-refractivity contribution in [1.29, 1.82) is 0 Å². The van der Waals surface area contributed by atoms with Crippen LogP contribution < -0.4 is 5.32 Å². The average molecular weight is 365 g/mol. The van der Waals surface area contributed by atoms with Crippen molar-refractivity contribution in [2.24, 2.45) is 7.05 Å². The van der Waals surface area contributed by atoms with Crippen molar-refractivity contribution in [3.8, 4) is 11.1 Å². The zero-order valence-corrected chi connectivity index (χ0v) is 15.8. The number of likely N-dealkylation sites (N-methyl/N-ethyl adjacent to an activating group) is 1. The Morgan fingerprint density at radius 1 is 1.19 bits per heavy atom. The summed E-state index contributed by atoms with van der Waals surface area (Å²) in [6, 6.07) is 6.17. The Morgan fingerprint density at radius 3 is 2.78 bits per heavy atom. The number of carbonyl (C=O) groups is 1. The maximum Gasteiger partial charge on any atom is 0.324 e. The van der Waals surface area contributed by atoms with Gasteiger partial charge in [0.2, 0.25) is 5.95 Å². The molecule has 0 radical (unpaired) electrons. The number of amides is 2. The quantitative estimate of drug-likeness (QED) is 0.753.